The summed E-state index contributed by atoms with van der Waals surface area (Å²) in [6, 6.07) is 0.0100. The number of hydrogen-bond acceptors (Lipinski definition) is 4. The second-order valence-electron chi connectivity index (χ2n) is 6.40. The smallest absolute Gasteiger partial charge is 0.282 e. The predicted octanol–water partition coefficient (Wildman–Crippen LogP) is 1.01. The molecule has 1 aromatic rings. The van der Waals surface area contributed by atoms with Crippen LogP contribution >= 0.6 is 0 Å². The first-order valence-corrected chi connectivity index (χ1v) is 9.69. The van der Waals surface area contributed by atoms with Crippen molar-refractivity contribution in [2.75, 3.05) is 26.7 Å². The summed E-state index contributed by atoms with van der Waals surface area (Å²) < 4.78 is 36.8. The molecule has 2 fully saturated rings. The van der Waals surface area contributed by atoms with Crippen LogP contribution in [0.4, 0.5) is 0 Å². The topological polar surface area (TPSA) is 67.7 Å². The number of rotatable bonds is 5. The van der Waals surface area contributed by atoms with Gasteiger partial charge in [0.2, 0.25) is 0 Å². The Morgan fingerprint density at radius 2 is 2.09 bits per heavy atom. The van der Waals surface area contributed by atoms with Crippen molar-refractivity contribution < 1.29 is 13.2 Å². The van der Waals surface area contributed by atoms with Crippen LogP contribution in [0.2, 0.25) is 0 Å². The van der Waals surface area contributed by atoms with Crippen molar-refractivity contribution in [3.8, 4) is 0 Å². The van der Waals surface area contributed by atoms with E-state index < -0.39 is 10.2 Å². The first-order valence-electron chi connectivity index (χ1n) is 8.30. The van der Waals surface area contributed by atoms with E-state index in [-0.39, 0.29) is 12.1 Å². The molecule has 0 N–H and O–H groups in total. The molecule has 2 atom stereocenters. The van der Waals surface area contributed by atoms with Crippen LogP contribution in [0, 0.1) is 6.92 Å². The van der Waals surface area contributed by atoms with Gasteiger partial charge in [-0.2, -0.15) is 17.0 Å². The molecule has 0 bridgehead atoms. The summed E-state index contributed by atoms with van der Waals surface area (Å²) in [5.74, 6) is 0.923. The molecule has 8 heteroatoms. The Kier molecular flexibility index (Phi) is 5.05. The van der Waals surface area contributed by atoms with Gasteiger partial charge in [-0.05, 0) is 32.6 Å². The molecule has 0 spiro atoms. The summed E-state index contributed by atoms with van der Waals surface area (Å²) in [5, 5.41) is 0. The molecule has 0 amide bonds. The van der Waals surface area contributed by atoms with Crippen molar-refractivity contribution in [2.24, 2.45) is 0 Å². The van der Waals surface area contributed by atoms with Gasteiger partial charge < -0.3 is 9.30 Å². The predicted molar refractivity (Wildman–Crippen MR) is 87.2 cm³/mol. The van der Waals surface area contributed by atoms with Crippen LogP contribution in [0.1, 0.15) is 31.5 Å². The molecule has 2 aliphatic heterocycles. The summed E-state index contributed by atoms with van der Waals surface area (Å²) in [6.07, 6.45) is 7.29. The molecule has 2 saturated heterocycles. The second-order valence-corrected chi connectivity index (χ2v) is 8.28. The normalized spacial score (nSPS) is 27.6. The van der Waals surface area contributed by atoms with E-state index in [0.717, 1.165) is 31.5 Å². The van der Waals surface area contributed by atoms with E-state index in [1.54, 1.807) is 21.9 Å². The van der Waals surface area contributed by atoms with Crippen LogP contribution in [0.15, 0.2) is 12.4 Å². The van der Waals surface area contributed by atoms with Crippen LogP contribution in [-0.2, 0) is 21.5 Å². The molecule has 3 rings (SSSR count). The number of piperidine rings is 1. The molecule has 0 saturated carbocycles. The van der Waals surface area contributed by atoms with Gasteiger partial charge in [-0.3, -0.25) is 0 Å². The maximum absolute atomic E-state index is 13.0. The second kappa shape index (κ2) is 6.88. The molecule has 23 heavy (non-hydrogen) atoms. The van der Waals surface area contributed by atoms with Crippen LogP contribution in [0.3, 0.4) is 0 Å². The SMILES string of the molecule is CO[C@@H]1CCCN(S(=O)(=O)N2CCC[C@@H]2Cn2ccnc2C)C1. The summed E-state index contributed by atoms with van der Waals surface area (Å²) in [4.78, 5) is 4.22. The summed E-state index contributed by atoms with van der Waals surface area (Å²) in [5.41, 5.74) is 0. The Hall–Kier alpha value is -0.960. The highest BCUT2D eigenvalue weighted by atomic mass is 32.2. The zero-order chi connectivity index (χ0) is 16.4. The number of aryl methyl sites for hydroxylation is 1. The highest BCUT2D eigenvalue weighted by Crippen LogP contribution is 2.27. The summed E-state index contributed by atoms with van der Waals surface area (Å²) in [7, 11) is -1.76. The van der Waals surface area contributed by atoms with Gasteiger partial charge in [-0.15, -0.1) is 0 Å². The van der Waals surface area contributed by atoms with Crippen molar-refractivity contribution in [1.29, 1.82) is 0 Å². The van der Waals surface area contributed by atoms with Crippen LogP contribution in [-0.4, -0.2) is 65.5 Å². The van der Waals surface area contributed by atoms with E-state index in [1.165, 1.54) is 0 Å². The minimum absolute atomic E-state index is 0.00970. The van der Waals surface area contributed by atoms with E-state index in [4.69, 9.17) is 4.74 Å². The van der Waals surface area contributed by atoms with Gasteiger partial charge >= 0.3 is 0 Å². The molecule has 0 aromatic carbocycles. The summed E-state index contributed by atoms with van der Waals surface area (Å²) in [6.45, 7) is 4.28. The molecule has 0 unspecified atom stereocenters. The van der Waals surface area contributed by atoms with Crippen molar-refractivity contribution in [3.05, 3.63) is 18.2 Å². The third kappa shape index (κ3) is 3.45. The van der Waals surface area contributed by atoms with Crippen LogP contribution < -0.4 is 0 Å². The van der Waals surface area contributed by atoms with Gasteiger partial charge in [0, 0.05) is 51.7 Å². The number of imidazole rings is 1. The molecule has 7 nitrogen and oxygen atoms in total. The zero-order valence-electron chi connectivity index (χ0n) is 13.9. The lowest BCUT2D eigenvalue weighted by molar-refractivity contribution is 0.0550. The van der Waals surface area contributed by atoms with Gasteiger partial charge in [0.05, 0.1) is 6.10 Å². The standard InChI is InChI=1S/C15H26N4O3S/c1-13-16-7-10-17(13)11-14-5-3-9-19(14)23(20,21)18-8-4-6-15(12-18)22-2/h7,10,14-15H,3-6,8-9,11-12H2,1-2H3/t14-,15-/m1/s1. The van der Waals surface area contributed by atoms with Crippen molar-refractivity contribution in [1.82, 2.24) is 18.2 Å². The van der Waals surface area contributed by atoms with E-state index >= 15 is 0 Å². The maximum atomic E-state index is 13.0. The number of ether oxygens (including phenoxy) is 1. The lowest BCUT2D eigenvalue weighted by Crippen LogP contribution is -2.51. The highest BCUT2D eigenvalue weighted by Gasteiger charge is 2.40. The number of nitrogens with zero attached hydrogens (tertiary/aromatic N) is 4. The van der Waals surface area contributed by atoms with Crippen molar-refractivity contribution in [3.63, 3.8) is 0 Å². The minimum atomic E-state index is -3.42. The van der Waals surface area contributed by atoms with Crippen LogP contribution in [0.25, 0.3) is 0 Å². The van der Waals surface area contributed by atoms with Crippen molar-refractivity contribution >= 4 is 10.2 Å². The average Bonchev–Trinajstić information content (AvgIpc) is 3.18. The molecular weight excluding hydrogens is 316 g/mol. The Balaban J connectivity index is 1.74. The molecule has 0 radical (unpaired) electrons. The number of methoxy groups -OCH3 is 1. The van der Waals surface area contributed by atoms with E-state index in [2.05, 4.69) is 4.98 Å². The molecular formula is C15H26N4O3S. The fourth-order valence-electron chi connectivity index (χ4n) is 3.57. The highest BCUT2D eigenvalue weighted by molar-refractivity contribution is 7.86. The van der Waals surface area contributed by atoms with Gasteiger partial charge in [-0.1, -0.05) is 0 Å². The quantitative estimate of drug-likeness (QED) is 0.801. The fraction of sp³-hybridized carbons (Fsp3) is 0.800. The molecule has 0 aliphatic carbocycles. The van der Waals surface area contributed by atoms with Gasteiger partial charge in [0.1, 0.15) is 5.82 Å². The number of aromatic nitrogens is 2. The minimum Gasteiger partial charge on any atom is -0.380 e. The molecule has 130 valence electrons. The third-order valence-corrected chi connectivity index (χ3v) is 7.01. The Morgan fingerprint density at radius 1 is 1.30 bits per heavy atom. The van der Waals surface area contributed by atoms with Crippen LogP contribution in [0.5, 0.6) is 0 Å². The molecule has 3 heterocycles. The van der Waals surface area contributed by atoms with Gasteiger partial charge in [0.15, 0.2) is 0 Å². The number of hydrogen-bond donors (Lipinski definition) is 0. The monoisotopic (exact) mass is 342 g/mol. The Labute approximate surface area is 138 Å². The fourth-order valence-corrected chi connectivity index (χ4v) is 5.49. The van der Waals surface area contributed by atoms with Gasteiger partial charge in [0.25, 0.3) is 10.2 Å². The molecule has 2 aliphatic rings. The first kappa shape index (κ1) is 16.9. The Morgan fingerprint density at radius 3 is 2.78 bits per heavy atom. The van der Waals surface area contributed by atoms with E-state index in [1.807, 2.05) is 17.7 Å². The first-order chi connectivity index (χ1) is 11.0. The van der Waals surface area contributed by atoms with Gasteiger partial charge in [-0.25, -0.2) is 4.98 Å². The largest absolute Gasteiger partial charge is 0.380 e. The average molecular weight is 342 g/mol. The lowest BCUT2D eigenvalue weighted by Gasteiger charge is -2.35. The van der Waals surface area contributed by atoms with Crippen molar-refractivity contribution in [2.45, 2.75) is 51.3 Å². The lowest BCUT2D eigenvalue weighted by atomic mass is 10.1. The van der Waals surface area contributed by atoms with E-state index in [9.17, 15) is 8.42 Å². The maximum Gasteiger partial charge on any atom is 0.282 e. The summed E-state index contributed by atoms with van der Waals surface area (Å²) >= 11 is 0. The van der Waals surface area contributed by atoms with E-state index in [0.29, 0.717) is 26.2 Å². The zero-order valence-corrected chi connectivity index (χ0v) is 14.7. The third-order valence-electron chi connectivity index (χ3n) is 4.95. The Bertz CT molecular complexity index is 630. The molecule has 1 aromatic heterocycles.